The third-order valence-electron chi connectivity index (χ3n) is 4.20. The molecule has 2 atom stereocenters. The zero-order valence-corrected chi connectivity index (χ0v) is 17.8. The Morgan fingerprint density at radius 3 is 2.54 bits per heavy atom. The minimum atomic E-state index is -1.01. The van der Waals surface area contributed by atoms with Crippen LogP contribution in [0.15, 0.2) is 17.0 Å². The van der Waals surface area contributed by atoms with Crippen molar-refractivity contribution < 1.29 is 28.6 Å². The van der Waals surface area contributed by atoms with Crippen LogP contribution in [0.25, 0.3) is 6.08 Å². The largest absolute Gasteiger partial charge is 0.493 e. The fourth-order valence-corrected chi connectivity index (χ4v) is 3.63. The molecule has 0 bridgehead atoms. The monoisotopic (exact) mass is 427 g/mol. The Kier molecular flexibility index (Phi) is 7.37. The maximum Gasteiger partial charge on any atom is 0.328 e. The average molecular weight is 428 g/mol. The molecule has 1 fully saturated rings. The van der Waals surface area contributed by atoms with Crippen molar-refractivity contribution in [3.05, 3.63) is 27.6 Å². The number of carbonyl (C=O) groups excluding carboxylic acids is 3. The second kappa shape index (κ2) is 9.34. The predicted octanol–water partition coefficient (Wildman–Crippen LogP) is 4.12. The number of nitrogens with zero attached hydrogens (tertiary/aromatic N) is 1. The smallest absolute Gasteiger partial charge is 0.328 e. The van der Waals surface area contributed by atoms with Crippen LogP contribution in [0.5, 0.6) is 11.5 Å². The van der Waals surface area contributed by atoms with Crippen LogP contribution in [0, 0.1) is 0 Å². The molecule has 2 rings (SSSR count). The van der Waals surface area contributed by atoms with Gasteiger partial charge in [-0.05, 0) is 55.8 Å². The van der Waals surface area contributed by atoms with Gasteiger partial charge in [0.05, 0.1) is 30.3 Å². The predicted molar refractivity (Wildman–Crippen MR) is 108 cm³/mol. The number of ether oxygens (including phenoxy) is 3. The van der Waals surface area contributed by atoms with Crippen LogP contribution < -0.4 is 9.47 Å². The summed E-state index contributed by atoms with van der Waals surface area (Å²) in [7, 11) is 2.69. The van der Waals surface area contributed by atoms with E-state index in [0.29, 0.717) is 22.1 Å². The van der Waals surface area contributed by atoms with Gasteiger partial charge < -0.3 is 14.2 Å². The molecule has 2 amide bonds. The maximum atomic E-state index is 12.6. The molecule has 9 heteroatoms. The molecule has 1 aromatic carbocycles. The van der Waals surface area contributed by atoms with Crippen LogP contribution in [0.4, 0.5) is 4.79 Å². The fraction of sp³-hybridized carbons (Fsp3) is 0.421. The molecule has 1 aliphatic heterocycles. The van der Waals surface area contributed by atoms with E-state index in [1.807, 2.05) is 13.8 Å². The van der Waals surface area contributed by atoms with Crippen LogP contribution in [0.2, 0.25) is 5.02 Å². The summed E-state index contributed by atoms with van der Waals surface area (Å²) in [5, 5.41) is -0.211. The van der Waals surface area contributed by atoms with E-state index < -0.39 is 23.2 Å². The number of halogens is 1. The summed E-state index contributed by atoms with van der Waals surface area (Å²) in [6, 6.07) is 2.29. The van der Waals surface area contributed by atoms with Gasteiger partial charge in [0.15, 0.2) is 11.5 Å². The highest BCUT2D eigenvalue weighted by molar-refractivity contribution is 8.18. The SMILES string of the molecule is CC[C@H](C)Oc1c(Cl)cc(/C=C2/SC(=O)N([C@H](C)C(=O)OC)C2=O)cc1OC. The highest BCUT2D eigenvalue weighted by Crippen LogP contribution is 2.40. The van der Waals surface area contributed by atoms with Gasteiger partial charge in [-0.3, -0.25) is 14.5 Å². The normalized spacial score (nSPS) is 17.6. The third kappa shape index (κ3) is 4.62. The van der Waals surface area contributed by atoms with Gasteiger partial charge in [-0.2, -0.15) is 0 Å². The summed E-state index contributed by atoms with van der Waals surface area (Å²) in [6.45, 7) is 5.35. The van der Waals surface area contributed by atoms with Gasteiger partial charge >= 0.3 is 5.97 Å². The van der Waals surface area contributed by atoms with Crippen molar-refractivity contribution in [2.75, 3.05) is 14.2 Å². The van der Waals surface area contributed by atoms with E-state index in [4.69, 9.17) is 21.1 Å². The molecule has 7 nitrogen and oxygen atoms in total. The molecular formula is C19H22ClNO6S. The van der Waals surface area contributed by atoms with Crippen molar-refractivity contribution >= 4 is 46.6 Å². The Hall–Kier alpha value is -2.19. The molecule has 1 heterocycles. The number of thioether (sulfide) groups is 1. The van der Waals surface area contributed by atoms with Crippen LogP contribution in [0.1, 0.15) is 32.8 Å². The van der Waals surface area contributed by atoms with Crippen molar-refractivity contribution in [2.24, 2.45) is 0 Å². The Morgan fingerprint density at radius 2 is 1.96 bits per heavy atom. The maximum absolute atomic E-state index is 12.6. The van der Waals surface area contributed by atoms with Gasteiger partial charge in [-0.15, -0.1) is 0 Å². The number of hydrogen-bond acceptors (Lipinski definition) is 7. The number of methoxy groups -OCH3 is 2. The van der Waals surface area contributed by atoms with E-state index in [9.17, 15) is 14.4 Å². The summed E-state index contributed by atoms with van der Waals surface area (Å²) in [6.07, 6.45) is 2.27. The van der Waals surface area contributed by atoms with Crippen LogP contribution >= 0.6 is 23.4 Å². The van der Waals surface area contributed by atoms with Gasteiger partial charge in [0, 0.05) is 0 Å². The molecule has 28 heavy (non-hydrogen) atoms. The third-order valence-corrected chi connectivity index (χ3v) is 5.36. The Bertz CT molecular complexity index is 825. The minimum absolute atomic E-state index is 0.0476. The molecule has 0 unspecified atom stereocenters. The van der Waals surface area contributed by atoms with E-state index >= 15 is 0 Å². The summed E-state index contributed by atoms with van der Waals surface area (Å²) < 4.78 is 15.8. The average Bonchev–Trinajstić information content (AvgIpc) is 2.95. The quantitative estimate of drug-likeness (QED) is 0.478. The molecule has 0 spiro atoms. The zero-order valence-electron chi connectivity index (χ0n) is 16.3. The van der Waals surface area contributed by atoms with Gasteiger partial charge in [0.1, 0.15) is 6.04 Å². The van der Waals surface area contributed by atoms with E-state index in [2.05, 4.69) is 4.74 Å². The Labute approximate surface area is 172 Å². The summed E-state index contributed by atoms with van der Waals surface area (Å²) in [4.78, 5) is 37.5. The second-order valence-electron chi connectivity index (χ2n) is 6.12. The number of esters is 1. The molecule has 1 aliphatic rings. The van der Waals surface area contributed by atoms with Crippen LogP contribution in [-0.4, -0.2) is 48.4 Å². The molecule has 152 valence electrons. The number of carbonyl (C=O) groups is 3. The Balaban J connectivity index is 2.35. The van der Waals surface area contributed by atoms with Crippen molar-refractivity contribution in [1.82, 2.24) is 4.90 Å². The topological polar surface area (TPSA) is 82.1 Å². The molecule has 0 radical (unpaired) electrons. The Morgan fingerprint density at radius 1 is 1.29 bits per heavy atom. The van der Waals surface area contributed by atoms with E-state index in [1.165, 1.54) is 27.2 Å². The summed E-state index contributed by atoms with van der Waals surface area (Å²) in [5.74, 6) is -0.396. The fourth-order valence-electron chi connectivity index (χ4n) is 2.46. The summed E-state index contributed by atoms with van der Waals surface area (Å²) >= 11 is 7.09. The van der Waals surface area contributed by atoms with Crippen molar-refractivity contribution in [3.8, 4) is 11.5 Å². The van der Waals surface area contributed by atoms with Crippen molar-refractivity contribution in [1.29, 1.82) is 0 Å². The standard InChI is InChI=1S/C19H22ClNO6S/c1-6-10(2)27-16-13(20)7-12(8-14(16)25-4)9-15-17(22)21(19(24)28-15)11(3)18(23)26-5/h7-11H,6H2,1-5H3/b15-9+/t10-,11+/m0/s1. The number of hydrogen-bond donors (Lipinski definition) is 0. The minimum Gasteiger partial charge on any atom is -0.493 e. The first-order valence-electron chi connectivity index (χ1n) is 8.62. The van der Waals surface area contributed by atoms with Crippen molar-refractivity contribution in [3.63, 3.8) is 0 Å². The molecule has 0 aromatic heterocycles. The lowest BCUT2D eigenvalue weighted by Crippen LogP contribution is -2.42. The molecule has 0 N–H and O–H groups in total. The van der Waals surface area contributed by atoms with Gasteiger partial charge in [-0.25, -0.2) is 4.79 Å². The lowest BCUT2D eigenvalue weighted by molar-refractivity contribution is -0.148. The van der Waals surface area contributed by atoms with Crippen molar-refractivity contribution in [2.45, 2.75) is 39.3 Å². The second-order valence-corrected chi connectivity index (χ2v) is 7.52. The first-order chi connectivity index (χ1) is 13.2. The number of rotatable bonds is 7. The number of amides is 2. The zero-order chi connectivity index (χ0) is 21.0. The molecular weight excluding hydrogens is 406 g/mol. The van der Waals surface area contributed by atoms with E-state index in [0.717, 1.165) is 23.1 Å². The van der Waals surface area contributed by atoms with E-state index in [-0.39, 0.29) is 11.0 Å². The van der Waals surface area contributed by atoms with Gasteiger partial charge in [0.25, 0.3) is 11.1 Å². The summed E-state index contributed by atoms with van der Waals surface area (Å²) in [5.41, 5.74) is 0.564. The first-order valence-corrected chi connectivity index (χ1v) is 9.81. The number of benzene rings is 1. The molecule has 0 saturated carbocycles. The van der Waals surface area contributed by atoms with Gasteiger partial charge in [0.2, 0.25) is 0 Å². The molecule has 1 saturated heterocycles. The lowest BCUT2D eigenvalue weighted by atomic mass is 10.1. The lowest BCUT2D eigenvalue weighted by Gasteiger charge is -2.18. The highest BCUT2D eigenvalue weighted by Gasteiger charge is 2.41. The van der Waals surface area contributed by atoms with Crippen LogP contribution in [-0.2, 0) is 14.3 Å². The number of imide groups is 1. The molecule has 0 aliphatic carbocycles. The van der Waals surface area contributed by atoms with Crippen LogP contribution in [0.3, 0.4) is 0 Å². The first kappa shape index (κ1) is 22.1. The van der Waals surface area contributed by atoms with Gasteiger partial charge in [-0.1, -0.05) is 18.5 Å². The highest BCUT2D eigenvalue weighted by atomic mass is 35.5. The molecule has 1 aromatic rings. The van der Waals surface area contributed by atoms with E-state index in [1.54, 1.807) is 12.1 Å².